The van der Waals surface area contributed by atoms with Crippen LogP contribution in [0.3, 0.4) is 0 Å². The highest BCUT2D eigenvalue weighted by Gasteiger charge is 2.75. The van der Waals surface area contributed by atoms with Gasteiger partial charge in [0, 0.05) is 23.0 Å². The fourth-order valence-corrected chi connectivity index (χ4v) is 5.08. The molecule has 1 heterocycles. The molecule has 1 fully saturated rings. The minimum Gasteiger partial charge on any atom is -0.276 e. The predicted octanol–water partition coefficient (Wildman–Crippen LogP) is 6.94. The van der Waals surface area contributed by atoms with Gasteiger partial charge in [0.25, 0.3) is 0 Å². The van der Waals surface area contributed by atoms with Gasteiger partial charge in [-0.15, -0.1) is 0 Å². The van der Waals surface area contributed by atoms with Crippen molar-refractivity contribution in [3.8, 4) is 0 Å². The van der Waals surface area contributed by atoms with Crippen molar-refractivity contribution >= 4 is 5.71 Å². The molecule has 0 N–H and O–H groups in total. The molecule has 0 unspecified atom stereocenters. The van der Waals surface area contributed by atoms with Crippen LogP contribution in [0.4, 0.5) is 30.7 Å². The first-order valence-corrected chi connectivity index (χ1v) is 9.92. The lowest BCUT2D eigenvalue weighted by Gasteiger charge is -2.48. The van der Waals surface area contributed by atoms with E-state index in [4.69, 9.17) is 0 Å². The number of hydrogen-bond acceptors (Lipinski definition) is 1. The molecule has 166 valence electrons. The summed E-state index contributed by atoms with van der Waals surface area (Å²) in [5.74, 6) is -11.5. The molecule has 2 aromatic carbocycles. The van der Waals surface area contributed by atoms with Crippen LogP contribution >= 0.6 is 0 Å². The third kappa shape index (κ3) is 3.09. The third-order valence-corrected chi connectivity index (χ3v) is 6.77. The predicted molar refractivity (Wildman–Crippen MR) is 103 cm³/mol. The van der Waals surface area contributed by atoms with Crippen LogP contribution in [0, 0.1) is 0 Å². The van der Waals surface area contributed by atoms with Crippen molar-refractivity contribution in [2.24, 2.45) is 4.99 Å². The molecule has 31 heavy (non-hydrogen) atoms. The fraction of sp³-hybridized carbons (Fsp3) is 0.435. The Morgan fingerprint density at radius 3 is 2.10 bits per heavy atom. The summed E-state index contributed by atoms with van der Waals surface area (Å²) in [6, 6.07) is 15.6. The smallest absolute Gasteiger partial charge is 0.276 e. The third-order valence-electron chi connectivity index (χ3n) is 6.77. The summed E-state index contributed by atoms with van der Waals surface area (Å²) in [4.78, 5) is 4.58. The van der Waals surface area contributed by atoms with Crippen molar-refractivity contribution in [3.63, 3.8) is 0 Å². The Morgan fingerprint density at radius 1 is 0.839 bits per heavy atom. The van der Waals surface area contributed by atoms with Gasteiger partial charge in [0.2, 0.25) is 0 Å². The average molecular weight is 443 g/mol. The number of alkyl halides is 7. The second-order valence-corrected chi connectivity index (χ2v) is 8.54. The SMILES string of the molecule is C[C@]12CCC[C@@]1(CC(F)(F)C(F)(F)C(F)(F)F)N=C(c1ccccc1)c1ccccc12. The van der Waals surface area contributed by atoms with Crippen molar-refractivity contribution in [1.82, 2.24) is 0 Å². The van der Waals surface area contributed by atoms with E-state index >= 15 is 0 Å². The molecular formula is C23H20F7N. The number of halogens is 7. The molecule has 8 heteroatoms. The molecule has 2 aliphatic rings. The Morgan fingerprint density at radius 2 is 1.45 bits per heavy atom. The molecule has 0 bridgehead atoms. The van der Waals surface area contributed by atoms with Crippen LogP contribution in [0.1, 0.15) is 49.3 Å². The summed E-state index contributed by atoms with van der Waals surface area (Å²) in [6.45, 7) is 1.64. The number of fused-ring (bicyclic) bond motifs is 3. The molecule has 1 aliphatic carbocycles. The van der Waals surface area contributed by atoms with Gasteiger partial charge in [-0.2, -0.15) is 30.7 Å². The molecule has 1 saturated carbocycles. The summed E-state index contributed by atoms with van der Waals surface area (Å²) in [5, 5.41) is 0. The Kier molecular flexibility index (Phi) is 4.80. The van der Waals surface area contributed by atoms with Gasteiger partial charge in [-0.1, -0.05) is 67.9 Å². The standard InChI is InChI=1S/C23H20F7N/c1-19-12-7-13-20(19,14-21(24,25)22(26,27)23(28,29)30)31-18(15-8-3-2-4-9-15)16-10-5-6-11-17(16)19/h2-6,8-11H,7,12-14H2,1H3/t19-,20+/m1/s1. The van der Waals surface area contributed by atoms with Crippen molar-refractivity contribution in [1.29, 1.82) is 0 Å². The maximum absolute atomic E-state index is 14.7. The van der Waals surface area contributed by atoms with E-state index in [9.17, 15) is 30.7 Å². The molecule has 0 aromatic heterocycles. The van der Waals surface area contributed by atoms with Gasteiger partial charge in [-0.05, 0) is 18.4 Å². The van der Waals surface area contributed by atoms with E-state index < -0.39 is 35.4 Å². The van der Waals surface area contributed by atoms with Gasteiger partial charge in [0.05, 0.1) is 11.3 Å². The number of rotatable bonds is 4. The normalized spacial score (nSPS) is 26.3. The molecule has 2 atom stereocenters. The van der Waals surface area contributed by atoms with Gasteiger partial charge in [-0.25, -0.2) is 0 Å². The molecule has 0 saturated heterocycles. The molecule has 1 aliphatic heterocycles. The highest BCUT2D eigenvalue weighted by atomic mass is 19.4. The Labute approximate surface area is 175 Å². The zero-order chi connectivity index (χ0) is 22.7. The van der Waals surface area contributed by atoms with Crippen LogP contribution in [0.5, 0.6) is 0 Å². The zero-order valence-corrected chi connectivity index (χ0v) is 16.6. The number of hydrogen-bond donors (Lipinski definition) is 0. The van der Waals surface area contributed by atoms with E-state index in [-0.39, 0.29) is 6.42 Å². The molecule has 2 aromatic rings. The minimum atomic E-state index is -6.36. The molecule has 0 radical (unpaired) electrons. The lowest BCUT2D eigenvalue weighted by atomic mass is 9.62. The second-order valence-electron chi connectivity index (χ2n) is 8.54. The molecule has 1 nitrogen and oxygen atoms in total. The van der Waals surface area contributed by atoms with Crippen LogP contribution in [0.15, 0.2) is 59.6 Å². The highest BCUT2D eigenvalue weighted by molar-refractivity contribution is 6.15. The summed E-state index contributed by atoms with van der Waals surface area (Å²) in [6.07, 6.45) is -7.29. The van der Waals surface area contributed by atoms with E-state index in [2.05, 4.69) is 4.99 Å². The van der Waals surface area contributed by atoms with E-state index in [0.29, 0.717) is 35.2 Å². The maximum Gasteiger partial charge on any atom is 0.459 e. The topological polar surface area (TPSA) is 12.4 Å². The van der Waals surface area contributed by atoms with Gasteiger partial charge in [0.1, 0.15) is 0 Å². The van der Waals surface area contributed by atoms with Crippen molar-refractivity contribution in [2.45, 2.75) is 61.6 Å². The second kappa shape index (κ2) is 6.81. The van der Waals surface area contributed by atoms with Crippen LogP contribution in [-0.2, 0) is 5.41 Å². The Balaban J connectivity index is 1.92. The zero-order valence-electron chi connectivity index (χ0n) is 16.6. The molecule has 0 spiro atoms. The van der Waals surface area contributed by atoms with Crippen molar-refractivity contribution < 1.29 is 30.7 Å². The van der Waals surface area contributed by atoms with E-state index in [1.807, 2.05) is 0 Å². The number of nitrogens with zero attached hydrogens (tertiary/aromatic N) is 1. The molecule has 0 amide bonds. The first-order chi connectivity index (χ1) is 14.3. The van der Waals surface area contributed by atoms with Crippen LogP contribution in [0.2, 0.25) is 0 Å². The Bertz CT molecular complexity index is 1010. The monoisotopic (exact) mass is 443 g/mol. The van der Waals surface area contributed by atoms with Gasteiger partial charge in [-0.3, -0.25) is 4.99 Å². The lowest BCUT2D eigenvalue weighted by molar-refractivity contribution is -0.358. The number of aliphatic imine (C=N–C) groups is 1. The summed E-state index contributed by atoms with van der Waals surface area (Å²) >= 11 is 0. The molecular weight excluding hydrogens is 423 g/mol. The van der Waals surface area contributed by atoms with E-state index in [1.54, 1.807) is 61.5 Å². The van der Waals surface area contributed by atoms with Gasteiger partial charge < -0.3 is 0 Å². The van der Waals surface area contributed by atoms with E-state index in [0.717, 1.165) is 0 Å². The van der Waals surface area contributed by atoms with Crippen LogP contribution in [-0.4, -0.2) is 29.3 Å². The largest absolute Gasteiger partial charge is 0.459 e. The maximum atomic E-state index is 14.7. The summed E-state index contributed by atoms with van der Waals surface area (Å²) < 4.78 is 95.5. The lowest BCUT2D eigenvalue weighted by Crippen LogP contribution is -2.58. The van der Waals surface area contributed by atoms with Crippen molar-refractivity contribution in [3.05, 3.63) is 71.3 Å². The van der Waals surface area contributed by atoms with Gasteiger partial charge >= 0.3 is 18.0 Å². The highest BCUT2D eigenvalue weighted by Crippen LogP contribution is 2.60. The summed E-state index contributed by atoms with van der Waals surface area (Å²) in [7, 11) is 0. The first-order valence-electron chi connectivity index (χ1n) is 9.92. The minimum absolute atomic E-state index is 0.00229. The quantitative estimate of drug-likeness (QED) is 0.454. The Hall–Kier alpha value is -2.38. The van der Waals surface area contributed by atoms with Crippen LogP contribution < -0.4 is 0 Å². The number of benzene rings is 2. The van der Waals surface area contributed by atoms with Crippen molar-refractivity contribution in [2.75, 3.05) is 0 Å². The van der Waals surface area contributed by atoms with Gasteiger partial charge in [0.15, 0.2) is 0 Å². The van der Waals surface area contributed by atoms with Crippen LogP contribution in [0.25, 0.3) is 0 Å². The fourth-order valence-electron chi connectivity index (χ4n) is 5.08. The molecule has 4 rings (SSSR count). The van der Waals surface area contributed by atoms with E-state index in [1.165, 1.54) is 0 Å². The average Bonchev–Trinajstić information content (AvgIpc) is 3.03. The summed E-state index contributed by atoms with van der Waals surface area (Å²) in [5.41, 5.74) is -0.625. The first kappa shape index (κ1) is 21.8.